The number of guanidine groups is 1. The molecule has 1 amide bonds. The van der Waals surface area contributed by atoms with Crippen molar-refractivity contribution in [3.05, 3.63) is 11.6 Å². The van der Waals surface area contributed by atoms with Crippen molar-refractivity contribution in [2.45, 2.75) is 77.6 Å². The number of rotatable bonds is 7. The van der Waals surface area contributed by atoms with E-state index in [-0.39, 0.29) is 35.9 Å². The van der Waals surface area contributed by atoms with Gasteiger partial charge in [0.2, 0.25) is 5.91 Å². The second kappa shape index (κ2) is 12.4. The topological polar surface area (TPSA) is 96.7 Å². The van der Waals surface area contributed by atoms with Gasteiger partial charge in [0, 0.05) is 45.1 Å². The molecule has 2 N–H and O–H groups in total. The van der Waals surface area contributed by atoms with Crippen molar-refractivity contribution in [1.29, 1.82) is 0 Å². The van der Waals surface area contributed by atoms with Crippen molar-refractivity contribution in [3.63, 3.8) is 0 Å². The number of halogens is 1. The number of carbonyl (C=O) groups excluding carboxylic acids is 1. The molecular formula is C20H36IN7O2. The Morgan fingerprint density at radius 1 is 1.33 bits per heavy atom. The van der Waals surface area contributed by atoms with Gasteiger partial charge in [0.05, 0.1) is 13.1 Å². The first-order valence-electron chi connectivity index (χ1n) is 10.9. The molecule has 2 aliphatic rings. The summed E-state index contributed by atoms with van der Waals surface area (Å²) in [7, 11) is 1.65. The van der Waals surface area contributed by atoms with E-state index in [2.05, 4.69) is 32.6 Å². The SMILES string of the molecule is CCNC(=NCCC(=O)N1CCCCC1C)NC1CCc2nc(COC)nn2C1.I. The molecule has 1 aromatic heterocycles. The number of fused-ring (bicyclic) bond motifs is 1. The first-order chi connectivity index (χ1) is 14.1. The smallest absolute Gasteiger partial charge is 0.224 e. The maximum atomic E-state index is 12.5. The van der Waals surface area contributed by atoms with Gasteiger partial charge in [-0.2, -0.15) is 5.10 Å². The fraction of sp³-hybridized carbons (Fsp3) is 0.800. The molecule has 0 spiro atoms. The van der Waals surface area contributed by atoms with Gasteiger partial charge in [0.15, 0.2) is 11.8 Å². The third-order valence-corrected chi connectivity index (χ3v) is 5.58. The van der Waals surface area contributed by atoms with Gasteiger partial charge in [-0.1, -0.05) is 0 Å². The van der Waals surface area contributed by atoms with Gasteiger partial charge in [-0.05, 0) is 39.5 Å². The van der Waals surface area contributed by atoms with Crippen LogP contribution >= 0.6 is 24.0 Å². The van der Waals surface area contributed by atoms with E-state index in [1.165, 1.54) is 6.42 Å². The molecule has 0 radical (unpaired) electrons. The summed E-state index contributed by atoms with van der Waals surface area (Å²) < 4.78 is 7.09. The Labute approximate surface area is 196 Å². The van der Waals surface area contributed by atoms with Crippen LogP contribution < -0.4 is 10.6 Å². The largest absolute Gasteiger partial charge is 0.377 e. The van der Waals surface area contributed by atoms with Gasteiger partial charge >= 0.3 is 0 Å². The van der Waals surface area contributed by atoms with E-state index < -0.39 is 0 Å². The van der Waals surface area contributed by atoms with E-state index in [1.54, 1.807) is 7.11 Å². The lowest BCUT2D eigenvalue weighted by Gasteiger charge is -2.33. The molecule has 0 aliphatic carbocycles. The van der Waals surface area contributed by atoms with Crippen LogP contribution in [0.4, 0.5) is 0 Å². The monoisotopic (exact) mass is 533 g/mol. The minimum atomic E-state index is 0. The molecule has 3 heterocycles. The third-order valence-electron chi connectivity index (χ3n) is 5.58. The summed E-state index contributed by atoms with van der Waals surface area (Å²) in [6.45, 7) is 7.54. The Kier molecular flexibility index (Phi) is 10.3. The molecule has 1 fully saturated rings. The van der Waals surface area contributed by atoms with Crippen LogP contribution in [0.1, 0.15) is 57.6 Å². The molecule has 170 valence electrons. The molecule has 0 saturated carbocycles. The lowest BCUT2D eigenvalue weighted by Crippen LogP contribution is -2.47. The molecule has 2 unspecified atom stereocenters. The van der Waals surface area contributed by atoms with Crippen molar-refractivity contribution in [2.24, 2.45) is 4.99 Å². The average Bonchev–Trinajstić information content (AvgIpc) is 3.10. The van der Waals surface area contributed by atoms with Crippen molar-refractivity contribution in [3.8, 4) is 0 Å². The van der Waals surface area contributed by atoms with Crippen LogP contribution in [0.5, 0.6) is 0 Å². The predicted molar refractivity (Wildman–Crippen MR) is 127 cm³/mol. The minimum absolute atomic E-state index is 0. The highest BCUT2D eigenvalue weighted by atomic mass is 127. The number of nitrogens with one attached hydrogen (secondary N) is 2. The van der Waals surface area contributed by atoms with Crippen LogP contribution in [-0.4, -0.2) is 70.4 Å². The standard InChI is InChI=1S/C20H35N7O2.HI/c1-4-21-20(22-11-10-19(28)26-12-6-5-7-15(26)2)23-16-8-9-18-24-17(14-29-3)25-27(18)13-16;/h15-16H,4-14H2,1-3H3,(H2,21,22,23);1H. The molecule has 1 aromatic rings. The van der Waals surface area contributed by atoms with Crippen LogP contribution in [0.2, 0.25) is 0 Å². The number of aromatic nitrogens is 3. The van der Waals surface area contributed by atoms with Gasteiger partial charge in [0.25, 0.3) is 0 Å². The van der Waals surface area contributed by atoms with Crippen LogP contribution in [0.3, 0.4) is 0 Å². The van der Waals surface area contributed by atoms with E-state index in [4.69, 9.17) is 4.74 Å². The van der Waals surface area contributed by atoms with E-state index in [0.29, 0.717) is 25.6 Å². The van der Waals surface area contributed by atoms with E-state index in [9.17, 15) is 4.79 Å². The van der Waals surface area contributed by atoms with Gasteiger partial charge in [-0.15, -0.1) is 24.0 Å². The molecule has 0 bridgehead atoms. The van der Waals surface area contributed by atoms with Crippen LogP contribution in [-0.2, 0) is 29.1 Å². The number of methoxy groups -OCH3 is 1. The second-order valence-corrected chi connectivity index (χ2v) is 7.88. The number of ether oxygens (including phenoxy) is 1. The van der Waals surface area contributed by atoms with Crippen molar-refractivity contribution >= 4 is 35.8 Å². The highest BCUT2D eigenvalue weighted by Crippen LogP contribution is 2.17. The molecule has 3 rings (SSSR count). The fourth-order valence-electron chi connectivity index (χ4n) is 4.06. The number of nitrogens with zero attached hydrogens (tertiary/aromatic N) is 5. The Hall–Kier alpha value is -1.43. The number of amides is 1. The normalized spacial score (nSPS) is 21.6. The zero-order valence-electron chi connectivity index (χ0n) is 18.4. The van der Waals surface area contributed by atoms with E-state index in [0.717, 1.165) is 62.9 Å². The van der Waals surface area contributed by atoms with Crippen LogP contribution in [0, 0.1) is 0 Å². The average molecular weight is 533 g/mol. The molecule has 2 aliphatic heterocycles. The number of hydrogen-bond donors (Lipinski definition) is 2. The van der Waals surface area contributed by atoms with Gasteiger partial charge in [0.1, 0.15) is 12.4 Å². The molecule has 10 heteroatoms. The number of piperidine rings is 1. The predicted octanol–water partition coefficient (Wildman–Crippen LogP) is 1.70. The van der Waals surface area contributed by atoms with Gasteiger partial charge in [-0.25, -0.2) is 9.67 Å². The summed E-state index contributed by atoms with van der Waals surface area (Å²) in [5, 5.41) is 11.3. The van der Waals surface area contributed by atoms with Crippen LogP contribution in [0.25, 0.3) is 0 Å². The summed E-state index contributed by atoms with van der Waals surface area (Å²) in [5.74, 6) is 2.72. The zero-order valence-corrected chi connectivity index (χ0v) is 20.7. The van der Waals surface area contributed by atoms with Crippen LogP contribution in [0.15, 0.2) is 4.99 Å². The highest BCUT2D eigenvalue weighted by Gasteiger charge is 2.24. The lowest BCUT2D eigenvalue weighted by atomic mass is 10.0. The maximum Gasteiger partial charge on any atom is 0.224 e. The molecule has 9 nitrogen and oxygen atoms in total. The van der Waals surface area contributed by atoms with Gasteiger partial charge < -0.3 is 20.3 Å². The first-order valence-corrected chi connectivity index (χ1v) is 10.9. The number of likely N-dealkylation sites (tertiary alicyclic amines) is 1. The number of aliphatic imine (C=N–C) groups is 1. The zero-order chi connectivity index (χ0) is 20.6. The third kappa shape index (κ3) is 6.79. The molecule has 2 atom stereocenters. The minimum Gasteiger partial charge on any atom is -0.377 e. The first kappa shape index (κ1) is 24.8. The maximum absolute atomic E-state index is 12.5. The van der Waals surface area contributed by atoms with Gasteiger partial charge in [-0.3, -0.25) is 9.79 Å². The number of carbonyl (C=O) groups is 1. The van der Waals surface area contributed by atoms with Crippen molar-refractivity contribution < 1.29 is 9.53 Å². The quantitative estimate of drug-likeness (QED) is 0.315. The second-order valence-electron chi connectivity index (χ2n) is 7.88. The Bertz CT molecular complexity index is 709. The summed E-state index contributed by atoms with van der Waals surface area (Å²) >= 11 is 0. The summed E-state index contributed by atoms with van der Waals surface area (Å²) in [4.78, 5) is 23.7. The fourth-order valence-corrected chi connectivity index (χ4v) is 4.06. The molecule has 30 heavy (non-hydrogen) atoms. The molecule has 0 aromatic carbocycles. The van der Waals surface area contributed by atoms with Crippen molar-refractivity contribution in [1.82, 2.24) is 30.3 Å². The summed E-state index contributed by atoms with van der Waals surface area (Å²) in [5.41, 5.74) is 0. The number of hydrogen-bond acceptors (Lipinski definition) is 5. The highest BCUT2D eigenvalue weighted by molar-refractivity contribution is 14.0. The number of aryl methyl sites for hydroxylation is 1. The molecular weight excluding hydrogens is 497 g/mol. The Balaban J connectivity index is 0.00000320. The Morgan fingerprint density at radius 3 is 2.90 bits per heavy atom. The summed E-state index contributed by atoms with van der Waals surface area (Å²) in [6.07, 6.45) is 5.75. The lowest BCUT2D eigenvalue weighted by molar-refractivity contribution is -0.134. The van der Waals surface area contributed by atoms with E-state index in [1.807, 2.05) is 16.5 Å². The summed E-state index contributed by atoms with van der Waals surface area (Å²) in [6, 6.07) is 0.587. The Morgan fingerprint density at radius 2 is 2.17 bits per heavy atom. The molecule has 1 saturated heterocycles. The van der Waals surface area contributed by atoms with Crippen molar-refractivity contribution in [2.75, 3.05) is 26.7 Å². The van der Waals surface area contributed by atoms with E-state index >= 15 is 0 Å².